The van der Waals surface area contributed by atoms with Crippen molar-refractivity contribution in [1.29, 1.82) is 0 Å². The molecule has 0 saturated carbocycles. The first-order chi connectivity index (χ1) is 12.5. The van der Waals surface area contributed by atoms with Gasteiger partial charge in [-0.2, -0.15) is 0 Å². The molecule has 1 aromatic heterocycles. The number of aryl methyl sites for hydroxylation is 1. The monoisotopic (exact) mass is 357 g/mol. The summed E-state index contributed by atoms with van der Waals surface area (Å²) in [5.74, 6) is 0.679. The molecular formula is C20H27N3O3. The van der Waals surface area contributed by atoms with Crippen molar-refractivity contribution in [3.8, 4) is 11.3 Å². The second kappa shape index (κ2) is 8.47. The highest BCUT2D eigenvalue weighted by Crippen LogP contribution is 2.20. The Hall–Kier alpha value is -2.18. The molecule has 0 unspecified atom stereocenters. The maximum Gasteiger partial charge on any atom is 0.222 e. The van der Waals surface area contributed by atoms with E-state index in [0.717, 1.165) is 18.7 Å². The van der Waals surface area contributed by atoms with Crippen LogP contribution in [0.5, 0.6) is 0 Å². The lowest BCUT2D eigenvalue weighted by Crippen LogP contribution is -2.47. The molecule has 1 fully saturated rings. The van der Waals surface area contributed by atoms with Gasteiger partial charge in [0.2, 0.25) is 5.91 Å². The molecule has 1 aliphatic heterocycles. The van der Waals surface area contributed by atoms with Crippen molar-refractivity contribution in [2.24, 2.45) is 0 Å². The molecule has 6 nitrogen and oxygen atoms in total. The fraction of sp³-hybridized carbons (Fsp3) is 0.500. The zero-order valence-corrected chi connectivity index (χ0v) is 15.7. The number of rotatable bonds is 6. The van der Waals surface area contributed by atoms with Gasteiger partial charge in [0.15, 0.2) is 5.76 Å². The lowest BCUT2D eigenvalue weighted by molar-refractivity contribution is -0.126. The number of ether oxygens (including phenoxy) is 1. The molecule has 0 radical (unpaired) electrons. The molecule has 26 heavy (non-hydrogen) atoms. The van der Waals surface area contributed by atoms with Crippen LogP contribution >= 0.6 is 0 Å². The molecule has 3 rings (SSSR count). The highest BCUT2D eigenvalue weighted by Gasteiger charge is 2.24. The minimum Gasteiger partial charge on any atom is -0.375 e. The van der Waals surface area contributed by atoms with Crippen molar-refractivity contribution >= 4 is 5.91 Å². The van der Waals surface area contributed by atoms with Crippen LogP contribution in [0.3, 0.4) is 0 Å². The van der Waals surface area contributed by atoms with Gasteiger partial charge < -0.3 is 14.6 Å². The van der Waals surface area contributed by atoms with Crippen LogP contribution in [0, 0.1) is 6.92 Å². The second-order valence-electron chi connectivity index (χ2n) is 7.11. The van der Waals surface area contributed by atoms with Crippen LogP contribution in [0.1, 0.15) is 31.5 Å². The average Bonchev–Trinajstić information content (AvgIpc) is 3.10. The van der Waals surface area contributed by atoms with E-state index in [9.17, 15) is 4.79 Å². The van der Waals surface area contributed by atoms with Crippen LogP contribution < -0.4 is 5.32 Å². The Morgan fingerprint density at radius 3 is 2.85 bits per heavy atom. The number of nitrogens with one attached hydrogen (secondary N) is 1. The Morgan fingerprint density at radius 2 is 2.12 bits per heavy atom. The van der Waals surface area contributed by atoms with E-state index < -0.39 is 0 Å². The zero-order chi connectivity index (χ0) is 18.5. The van der Waals surface area contributed by atoms with Crippen molar-refractivity contribution in [3.63, 3.8) is 0 Å². The summed E-state index contributed by atoms with van der Waals surface area (Å²) in [6.45, 7) is 9.14. The summed E-state index contributed by atoms with van der Waals surface area (Å²) in [7, 11) is 0. The molecule has 0 spiro atoms. The standard InChI is InChI=1S/C20H27N3O3/c1-14(2)23-8-9-25-18(13-23)11-20(24)21-12-17-10-19(26-22-17)16-6-4-15(3)5-7-16/h4-7,10,14,18H,8-9,11-13H2,1-3H3,(H,21,24)/t18-/m1/s1. The van der Waals surface area contributed by atoms with E-state index in [4.69, 9.17) is 9.26 Å². The first-order valence-electron chi connectivity index (χ1n) is 9.16. The fourth-order valence-corrected chi connectivity index (χ4v) is 3.05. The van der Waals surface area contributed by atoms with Crippen molar-refractivity contribution in [1.82, 2.24) is 15.4 Å². The molecule has 2 heterocycles. The van der Waals surface area contributed by atoms with Gasteiger partial charge in [-0.25, -0.2) is 0 Å². The molecule has 0 aliphatic carbocycles. The summed E-state index contributed by atoms with van der Waals surface area (Å²) in [5, 5.41) is 6.94. The van der Waals surface area contributed by atoms with E-state index in [-0.39, 0.29) is 12.0 Å². The first-order valence-corrected chi connectivity index (χ1v) is 9.16. The number of hydrogen-bond donors (Lipinski definition) is 1. The maximum absolute atomic E-state index is 12.2. The highest BCUT2D eigenvalue weighted by atomic mass is 16.5. The lowest BCUT2D eigenvalue weighted by Gasteiger charge is -2.35. The summed E-state index contributed by atoms with van der Waals surface area (Å²) in [5.41, 5.74) is 2.88. The fourth-order valence-electron chi connectivity index (χ4n) is 3.05. The SMILES string of the molecule is Cc1ccc(-c2cc(CNC(=O)C[C@@H]3CN(C(C)C)CCO3)no2)cc1. The van der Waals surface area contributed by atoms with Crippen molar-refractivity contribution in [3.05, 3.63) is 41.6 Å². The van der Waals surface area contributed by atoms with Crippen molar-refractivity contribution in [2.45, 2.75) is 45.9 Å². The van der Waals surface area contributed by atoms with E-state index in [1.807, 2.05) is 37.3 Å². The van der Waals surface area contributed by atoms with Crippen molar-refractivity contribution in [2.75, 3.05) is 19.7 Å². The molecule has 1 atom stereocenters. The van der Waals surface area contributed by atoms with Crippen LogP contribution in [-0.4, -0.2) is 47.8 Å². The molecule has 140 valence electrons. The Balaban J connectivity index is 1.48. The highest BCUT2D eigenvalue weighted by molar-refractivity contribution is 5.76. The third-order valence-corrected chi connectivity index (χ3v) is 4.68. The minimum absolute atomic E-state index is 0.0273. The summed E-state index contributed by atoms with van der Waals surface area (Å²) >= 11 is 0. The molecule has 1 saturated heterocycles. The topological polar surface area (TPSA) is 67.6 Å². The number of carbonyl (C=O) groups is 1. The van der Waals surface area contributed by atoms with Gasteiger partial charge in [0.1, 0.15) is 5.69 Å². The Labute approximate surface area is 154 Å². The van der Waals surface area contributed by atoms with Crippen LogP contribution in [0.2, 0.25) is 0 Å². The molecule has 1 N–H and O–H groups in total. The van der Waals surface area contributed by atoms with Gasteiger partial charge in [0, 0.05) is 30.8 Å². The third-order valence-electron chi connectivity index (χ3n) is 4.68. The number of nitrogens with zero attached hydrogens (tertiary/aromatic N) is 2. The Kier molecular flexibility index (Phi) is 6.06. The quantitative estimate of drug-likeness (QED) is 0.861. The Bertz CT molecular complexity index is 724. The van der Waals surface area contributed by atoms with Crippen LogP contribution in [0.15, 0.2) is 34.9 Å². The summed E-state index contributed by atoms with van der Waals surface area (Å²) < 4.78 is 11.1. The van der Waals surface area contributed by atoms with E-state index in [2.05, 4.69) is 29.2 Å². The molecule has 2 aromatic rings. The third kappa shape index (κ3) is 4.93. The van der Waals surface area contributed by atoms with E-state index in [1.54, 1.807) is 0 Å². The number of carbonyl (C=O) groups excluding carboxylic acids is 1. The van der Waals surface area contributed by atoms with Gasteiger partial charge in [-0.05, 0) is 20.8 Å². The Morgan fingerprint density at radius 1 is 1.35 bits per heavy atom. The number of hydrogen-bond acceptors (Lipinski definition) is 5. The molecule has 1 aromatic carbocycles. The first kappa shape index (κ1) is 18.6. The molecule has 1 aliphatic rings. The molecule has 1 amide bonds. The van der Waals surface area contributed by atoms with Gasteiger partial charge >= 0.3 is 0 Å². The van der Waals surface area contributed by atoms with Gasteiger partial charge in [-0.1, -0.05) is 35.0 Å². The number of morpholine rings is 1. The van der Waals surface area contributed by atoms with Crippen molar-refractivity contribution < 1.29 is 14.1 Å². The van der Waals surface area contributed by atoms with E-state index in [1.165, 1.54) is 5.56 Å². The normalized spacial score (nSPS) is 18.2. The molecule has 6 heteroatoms. The predicted molar refractivity (Wildman–Crippen MR) is 99.6 cm³/mol. The molecule has 0 bridgehead atoms. The van der Waals surface area contributed by atoms with Gasteiger partial charge in [0.25, 0.3) is 0 Å². The van der Waals surface area contributed by atoms with Crippen LogP contribution in [0.25, 0.3) is 11.3 Å². The largest absolute Gasteiger partial charge is 0.375 e. The summed E-state index contributed by atoms with van der Waals surface area (Å²) in [6, 6.07) is 10.4. The van der Waals surface area contributed by atoms with Crippen LogP contribution in [-0.2, 0) is 16.1 Å². The minimum atomic E-state index is -0.0495. The van der Waals surface area contributed by atoms with Crippen LogP contribution in [0.4, 0.5) is 0 Å². The smallest absolute Gasteiger partial charge is 0.222 e. The number of benzene rings is 1. The maximum atomic E-state index is 12.2. The van der Waals surface area contributed by atoms with Gasteiger partial charge in [-0.3, -0.25) is 9.69 Å². The second-order valence-corrected chi connectivity index (χ2v) is 7.11. The van der Waals surface area contributed by atoms with Gasteiger partial charge in [0.05, 0.1) is 25.7 Å². The number of aromatic nitrogens is 1. The average molecular weight is 357 g/mol. The van der Waals surface area contributed by atoms with E-state index in [0.29, 0.717) is 37.1 Å². The predicted octanol–water partition coefficient (Wildman–Crippen LogP) is 2.77. The van der Waals surface area contributed by atoms with E-state index >= 15 is 0 Å². The zero-order valence-electron chi connectivity index (χ0n) is 15.7. The summed E-state index contributed by atoms with van der Waals surface area (Å²) in [4.78, 5) is 14.5. The number of amides is 1. The van der Waals surface area contributed by atoms with Gasteiger partial charge in [-0.15, -0.1) is 0 Å². The lowest BCUT2D eigenvalue weighted by atomic mass is 10.1. The summed E-state index contributed by atoms with van der Waals surface area (Å²) in [6.07, 6.45) is 0.317. The molecular weight excluding hydrogens is 330 g/mol.